The normalized spacial score (nSPS) is 12.9. The molecule has 0 spiro atoms. The van der Waals surface area contributed by atoms with E-state index in [1.165, 1.54) is 6.42 Å². The minimum Gasteiger partial charge on any atom is -0.424 e. The van der Waals surface area contributed by atoms with Gasteiger partial charge >= 0.3 is 0 Å². The van der Waals surface area contributed by atoms with Crippen LogP contribution in [0.3, 0.4) is 0 Å². The molecule has 16 heavy (non-hydrogen) atoms. The molecule has 1 unspecified atom stereocenters. The van der Waals surface area contributed by atoms with Crippen LogP contribution in [-0.2, 0) is 0 Å². The van der Waals surface area contributed by atoms with Crippen molar-refractivity contribution in [1.29, 1.82) is 0 Å². The lowest BCUT2D eigenvalue weighted by atomic mass is 10.1. The fraction of sp³-hybridized carbons (Fsp3) is 0.462. The van der Waals surface area contributed by atoms with E-state index in [9.17, 15) is 0 Å². The van der Waals surface area contributed by atoms with Crippen molar-refractivity contribution in [1.82, 2.24) is 4.98 Å². The standard InChI is InChI=1S/C13H18N2O/c1-3-7-10(4-2)14-13-15-11-8-5-6-9-12(11)16-13/h5-6,8-10H,3-4,7H2,1-2H3,(H,14,15). The van der Waals surface area contributed by atoms with Crippen molar-refractivity contribution >= 4 is 17.1 Å². The molecule has 0 radical (unpaired) electrons. The van der Waals surface area contributed by atoms with E-state index in [1.807, 2.05) is 24.3 Å². The van der Waals surface area contributed by atoms with Gasteiger partial charge in [0.05, 0.1) is 0 Å². The molecule has 2 aromatic rings. The highest BCUT2D eigenvalue weighted by molar-refractivity contribution is 5.74. The second-order valence-electron chi connectivity index (χ2n) is 4.02. The maximum atomic E-state index is 5.62. The summed E-state index contributed by atoms with van der Waals surface area (Å²) in [7, 11) is 0. The Hall–Kier alpha value is -1.51. The Labute approximate surface area is 95.9 Å². The van der Waals surface area contributed by atoms with Gasteiger partial charge in [-0.3, -0.25) is 0 Å². The molecular formula is C13H18N2O. The summed E-state index contributed by atoms with van der Waals surface area (Å²) in [4.78, 5) is 4.40. The maximum Gasteiger partial charge on any atom is 0.295 e. The zero-order valence-corrected chi connectivity index (χ0v) is 9.86. The Kier molecular flexibility index (Phi) is 3.44. The van der Waals surface area contributed by atoms with Crippen molar-refractivity contribution in [3.8, 4) is 0 Å². The van der Waals surface area contributed by atoms with E-state index >= 15 is 0 Å². The van der Waals surface area contributed by atoms with E-state index in [1.54, 1.807) is 0 Å². The first-order chi connectivity index (χ1) is 7.83. The predicted molar refractivity (Wildman–Crippen MR) is 66.6 cm³/mol. The molecule has 86 valence electrons. The van der Waals surface area contributed by atoms with Gasteiger partial charge in [-0.25, -0.2) is 0 Å². The van der Waals surface area contributed by atoms with E-state index in [4.69, 9.17) is 4.42 Å². The van der Waals surface area contributed by atoms with Gasteiger partial charge in [-0.05, 0) is 25.0 Å². The van der Waals surface area contributed by atoms with Crippen LogP contribution >= 0.6 is 0 Å². The molecule has 1 atom stereocenters. The lowest BCUT2D eigenvalue weighted by Gasteiger charge is -2.13. The summed E-state index contributed by atoms with van der Waals surface area (Å²) in [5.74, 6) is 0. The largest absolute Gasteiger partial charge is 0.424 e. The molecule has 0 amide bonds. The van der Waals surface area contributed by atoms with Crippen molar-refractivity contribution in [2.75, 3.05) is 5.32 Å². The van der Waals surface area contributed by atoms with Gasteiger partial charge in [0.15, 0.2) is 5.58 Å². The van der Waals surface area contributed by atoms with Gasteiger partial charge in [0, 0.05) is 6.04 Å². The lowest BCUT2D eigenvalue weighted by Crippen LogP contribution is -2.17. The molecule has 0 bridgehead atoms. The Balaban J connectivity index is 2.14. The van der Waals surface area contributed by atoms with Gasteiger partial charge < -0.3 is 9.73 Å². The number of anilines is 1. The number of aromatic nitrogens is 1. The molecule has 3 heteroatoms. The van der Waals surface area contributed by atoms with E-state index in [2.05, 4.69) is 24.1 Å². The zero-order valence-electron chi connectivity index (χ0n) is 9.86. The number of fused-ring (bicyclic) bond motifs is 1. The number of rotatable bonds is 5. The molecule has 0 fully saturated rings. The molecule has 2 rings (SSSR count). The Bertz CT molecular complexity index is 417. The highest BCUT2D eigenvalue weighted by atomic mass is 16.4. The third-order valence-electron chi connectivity index (χ3n) is 2.75. The highest BCUT2D eigenvalue weighted by Crippen LogP contribution is 2.19. The van der Waals surface area contributed by atoms with Crippen LogP contribution in [0.2, 0.25) is 0 Å². The van der Waals surface area contributed by atoms with Crippen LogP contribution in [0.25, 0.3) is 11.1 Å². The van der Waals surface area contributed by atoms with Crippen LogP contribution in [0.4, 0.5) is 6.01 Å². The number of hydrogen-bond acceptors (Lipinski definition) is 3. The third-order valence-corrected chi connectivity index (χ3v) is 2.75. The van der Waals surface area contributed by atoms with Crippen molar-refractivity contribution < 1.29 is 4.42 Å². The first-order valence-electron chi connectivity index (χ1n) is 5.95. The molecule has 0 aliphatic carbocycles. The quantitative estimate of drug-likeness (QED) is 0.829. The number of nitrogens with zero attached hydrogens (tertiary/aromatic N) is 1. The lowest BCUT2D eigenvalue weighted by molar-refractivity contribution is 0.562. The number of para-hydroxylation sites is 2. The van der Waals surface area contributed by atoms with Crippen LogP contribution in [0.5, 0.6) is 0 Å². The molecule has 1 aromatic carbocycles. The molecule has 1 N–H and O–H groups in total. The summed E-state index contributed by atoms with van der Waals surface area (Å²) >= 11 is 0. The second kappa shape index (κ2) is 5.01. The van der Waals surface area contributed by atoms with E-state index in [-0.39, 0.29) is 0 Å². The number of nitrogens with one attached hydrogen (secondary N) is 1. The van der Waals surface area contributed by atoms with Gasteiger partial charge in [-0.2, -0.15) is 4.98 Å². The van der Waals surface area contributed by atoms with Crippen LogP contribution in [0, 0.1) is 0 Å². The molecule has 0 aliphatic rings. The molecule has 0 aliphatic heterocycles. The van der Waals surface area contributed by atoms with Crippen LogP contribution < -0.4 is 5.32 Å². The summed E-state index contributed by atoms with van der Waals surface area (Å²) in [6.45, 7) is 4.37. The number of benzene rings is 1. The summed E-state index contributed by atoms with van der Waals surface area (Å²) in [5.41, 5.74) is 1.76. The number of hydrogen-bond donors (Lipinski definition) is 1. The Morgan fingerprint density at radius 1 is 1.31 bits per heavy atom. The van der Waals surface area contributed by atoms with Gasteiger partial charge in [0.1, 0.15) is 5.52 Å². The minimum absolute atomic E-state index is 0.457. The fourth-order valence-corrected chi connectivity index (χ4v) is 1.84. The minimum atomic E-state index is 0.457. The monoisotopic (exact) mass is 218 g/mol. The van der Waals surface area contributed by atoms with Gasteiger partial charge in [0.25, 0.3) is 6.01 Å². The average Bonchev–Trinajstić information content (AvgIpc) is 2.70. The first-order valence-corrected chi connectivity index (χ1v) is 5.95. The topological polar surface area (TPSA) is 38.1 Å². The van der Waals surface area contributed by atoms with Crippen molar-refractivity contribution in [2.24, 2.45) is 0 Å². The molecule has 1 aromatic heterocycles. The predicted octanol–water partition coefficient (Wildman–Crippen LogP) is 3.82. The van der Waals surface area contributed by atoms with Crippen molar-refractivity contribution in [3.63, 3.8) is 0 Å². The van der Waals surface area contributed by atoms with Gasteiger partial charge in [-0.15, -0.1) is 0 Å². The van der Waals surface area contributed by atoms with Crippen molar-refractivity contribution in [3.05, 3.63) is 24.3 Å². The van der Waals surface area contributed by atoms with Crippen LogP contribution in [0.15, 0.2) is 28.7 Å². The SMILES string of the molecule is CCCC(CC)Nc1nc2ccccc2o1. The summed E-state index contributed by atoms with van der Waals surface area (Å²) < 4.78 is 5.62. The average molecular weight is 218 g/mol. The number of oxazole rings is 1. The molecule has 3 nitrogen and oxygen atoms in total. The first kappa shape index (κ1) is 11.0. The smallest absolute Gasteiger partial charge is 0.295 e. The van der Waals surface area contributed by atoms with Gasteiger partial charge in [0.2, 0.25) is 0 Å². The third kappa shape index (κ3) is 2.35. The van der Waals surface area contributed by atoms with E-state index < -0.39 is 0 Å². The van der Waals surface area contributed by atoms with E-state index in [0.29, 0.717) is 12.1 Å². The summed E-state index contributed by atoms with van der Waals surface area (Å²) in [6, 6.07) is 8.93. The molecular weight excluding hydrogens is 200 g/mol. The highest BCUT2D eigenvalue weighted by Gasteiger charge is 2.09. The summed E-state index contributed by atoms with van der Waals surface area (Å²) in [6.07, 6.45) is 3.41. The maximum absolute atomic E-state index is 5.62. The van der Waals surface area contributed by atoms with Gasteiger partial charge in [-0.1, -0.05) is 32.4 Å². The second-order valence-corrected chi connectivity index (χ2v) is 4.02. The molecule has 1 heterocycles. The molecule has 0 saturated carbocycles. The van der Waals surface area contributed by atoms with E-state index in [0.717, 1.165) is 23.9 Å². The zero-order chi connectivity index (χ0) is 11.4. The van der Waals surface area contributed by atoms with Crippen LogP contribution in [-0.4, -0.2) is 11.0 Å². The Morgan fingerprint density at radius 3 is 2.81 bits per heavy atom. The fourth-order valence-electron chi connectivity index (χ4n) is 1.84. The molecule has 0 saturated heterocycles. The van der Waals surface area contributed by atoms with Crippen molar-refractivity contribution in [2.45, 2.75) is 39.2 Å². The van der Waals surface area contributed by atoms with Crippen LogP contribution in [0.1, 0.15) is 33.1 Å². The Morgan fingerprint density at radius 2 is 2.12 bits per heavy atom. The summed E-state index contributed by atoms with van der Waals surface area (Å²) in [5, 5.41) is 3.34.